The Morgan fingerprint density at radius 3 is 2.83 bits per heavy atom. The van der Waals surface area contributed by atoms with Crippen LogP contribution in [0, 0.1) is 6.92 Å². The molecule has 0 aliphatic carbocycles. The second-order valence-corrected chi connectivity index (χ2v) is 6.81. The van der Waals surface area contributed by atoms with Gasteiger partial charge in [-0.15, -0.1) is 10.2 Å². The van der Waals surface area contributed by atoms with Crippen molar-refractivity contribution in [2.75, 3.05) is 0 Å². The third-order valence-electron chi connectivity index (χ3n) is 3.57. The van der Waals surface area contributed by atoms with Crippen LogP contribution in [0.4, 0.5) is 0 Å². The molecule has 1 aromatic carbocycles. The summed E-state index contributed by atoms with van der Waals surface area (Å²) in [5.74, 6) is 1.14. The van der Waals surface area contributed by atoms with Gasteiger partial charge in [0, 0.05) is 5.56 Å². The van der Waals surface area contributed by atoms with Gasteiger partial charge in [0.1, 0.15) is 5.76 Å². The van der Waals surface area contributed by atoms with Crippen LogP contribution in [-0.2, 0) is 11.3 Å². The molecule has 0 aliphatic rings. The van der Waals surface area contributed by atoms with Gasteiger partial charge in [0.05, 0.1) is 18.1 Å². The smallest absolute Gasteiger partial charge is 0.230 e. The zero-order chi connectivity index (χ0) is 17.1. The van der Waals surface area contributed by atoms with Gasteiger partial charge in [-0.1, -0.05) is 35.5 Å². The predicted molar refractivity (Wildman–Crippen MR) is 92.5 cm³/mol. The van der Waals surface area contributed by atoms with E-state index in [-0.39, 0.29) is 5.91 Å². The second-order valence-electron chi connectivity index (χ2n) is 5.50. The van der Waals surface area contributed by atoms with E-state index in [1.807, 2.05) is 41.8 Å². The molecular formula is C17H18N4O2S. The van der Waals surface area contributed by atoms with E-state index in [0.717, 1.165) is 22.7 Å². The van der Waals surface area contributed by atoms with Crippen LogP contribution in [0.3, 0.4) is 0 Å². The van der Waals surface area contributed by atoms with Gasteiger partial charge in [-0.05, 0) is 32.0 Å². The molecule has 7 heteroatoms. The lowest BCUT2D eigenvalue weighted by Gasteiger charge is -2.11. The molecule has 2 heterocycles. The largest absolute Gasteiger partial charge is 0.467 e. The summed E-state index contributed by atoms with van der Waals surface area (Å²) in [6.07, 6.45) is 1.63. The van der Waals surface area contributed by atoms with Crippen molar-refractivity contribution in [2.24, 2.45) is 5.73 Å². The summed E-state index contributed by atoms with van der Waals surface area (Å²) in [5.41, 5.74) is 7.48. The molecule has 0 saturated heterocycles. The van der Waals surface area contributed by atoms with Crippen molar-refractivity contribution in [2.45, 2.75) is 30.8 Å². The van der Waals surface area contributed by atoms with Crippen LogP contribution in [0.5, 0.6) is 0 Å². The maximum absolute atomic E-state index is 11.4. The molecule has 2 aromatic heterocycles. The van der Waals surface area contributed by atoms with E-state index in [1.54, 1.807) is 13.2 Å². The number of amides is 1. The van der Waals surface area contributed by atoms with Crippen molar-refractivity contribution in [1.29, 1.82) is 0 Å². The minimum absolute atomic E-state index is 0.385. The fraction of sp³-hybridized carbons (Fsp3) is 0.235. The third-order valence-corrected chi connectivity index (χ3v) is 4.67. The van der Waals surface area contributed by atoms with Crippen molar-refractivity contribution in [1.82, 2.24) is 14.8 Å². The number of rotatable bonds is 6. The molecule has 0 fully saturated rings. The summed E-state index contributed by atoms with van der Waals surface area (Å²) in [4.78, 5) is 11.4. The topological polar surface area (TPSA) is 86.9 Å². The Bertz CT molecular complexity index is 842. The molecule has 0 radical (unpaired) electrons. The van der Waals surface area contributed by atoms with E-state index in [9.17, 15) is 4.79 Å². The van der Waals surface area contributed by atoms with E-state index >= 15 is 0 Å². The van der Waals surface area contributed by atoms with Gasteiger partial charge in [0.2, 0.25) is 5.91 Å². The number of thioether (sulfide) groups is 1. The zero-order valence-corrected chi connectivity index (χ0v) is 14.3. The van der Waals surface area contributed by atoms with Crippen LogP contribution < -0.4 is 5.73 Å². The molecule has 124 valence electrons. The minimum Gasteiger partial charge on any atom is -0.467 e. The number of carbonyl (C=O) groups excluding carboxylic acids is 1. The van der Waals surface area contributed by atoms with E-state index in [0.29, 0.717) is 11.7 Å². The van der Waals surface area contributed by atoms with Crippen molar-refractivity contribution in [3.05, 3.63) is 54.0 Å². The maximum Gasteiger partial charge on any atom is 0.230 e. The van der Waals surface area contributed by atoms with Crippen LogP contribution in [0.1, 0.15) is 18.2 Å². The molecular weight excluding hydrogens is 324 g/mol. The highest BCUT2D eigenvalue weighted by atomic mass is 32.2. The number of primary amides is 1. The molecule has 0 spiro atoms. The number of nitrogens with zero attached hydrogens (tertiary/aromatic N) is 3. The Labute approximate surface area is 144 Å². The van der Waals surface area contributed by atoms with E-state index < -0.39 is 5.25 Å². The summed E-state index contributed by atoms with van der Waals surface area (Å²) in [7, 11) is 0. The van der Waals surface area contributed by atoms with Crippen molar-refractivity contribution >= 4 is 17.7 Å². The van der Waals surface area contributed by atoms with Crippen LogP contribution in [-0.4, -0.2) is 25.9 Å². The molecule has 0 saturated carbocycles. The monoisotopic (exact) mass is 342 g/mol. The number of aryl methyl sites for hydroxylation is 1. The van der Waals surface area contributed by atoms with Crippen LogP contribution in [0.15, 0.2) is 52.2 Å². The molecule has 24 heavy (non-hydrogen) atoms. The van der Waals surface area contributed by atoms with Crippen LogP contribution >= 0.6 is 11.8 Å². The molecule has 0 unspecified atom stereocenters. The lowest BCUT2D eigenvalue weighted by Crippen LogP contribution is -2.23. The lowest BCUT2D eigenvalue weighted by molar-refractivity contribution is -0.117. The highest BCUT2D eigenvalue weighted by Gasteiger charge is 2.20. The number of nitrogens with two attached hydrogens (primary N) is 1. The number of aromatic nitrogens is 3. The summed E-state index contributed by atoms with van der Waals surface area (Å²) >= 11 is 1.29. The molecule has 3 aromatic rings. The molecule has 0 aliphatic heterocycles. The highest BCUT2D eigenvalue weighted by molar-refractivity contribution is 8.00. The summed E-state index contributed by atoms with van der Waals surface area (Å²) in [6, 6.07) is 11.8. The first kappa shape index (κ1) is 16.3. The van der Waals surface area contributed by atoms with Crippen molar-refractivity contribution < 1.29 is 9.21 Å². The first-order valence-electron chi connectivity index (χ1n) is 7.53. The molecule has 0 bridgehead atoms. The number of carbonyl (C=O) groups is 1. The Morgan fingerprint density at radius 2 is 2.17 bits per heavy atom. The molecule has 6 nitrogen and oxygen atoms in total. The van der Waals surface area contributed by atoms with Gasteiger partial charge in [-0.2, -0.15) is 0 Å². The quantitative estimate of drug-likeness (QED) is 0.696. The van der Waals surface area contributed by atoms with Crippen molar-refractivity contribution in [3.63, 3.8) is 0 Å². The number of hydrogen-bond acceptors (Lipinski definition) is 5. The van der Waals surface area contributed by atoms with Gasteiger partial charge < -0.3 is 10.2 Å². The summed E-state index contributed by atoms with van der Waals surface area (Å²) < 4.78 is 7.39. The Hall–Kier alpha value is -2.54. The molecule has 1 atom stereocenters. The number of furan rings is 1. The van der Waals surface area contributed by atoms with Gasteiger partial charge in [-0.25, -0.2) is 0 Å². The summed E-state index contributed by atoms with van der Waals surface area (Å²) in [5, 5.41) is 8.81. The Balaban J connectivity index is 2.02. The molecule has 2 N–H and O–H groups in total. The SMILES string of the molecule is Cc1cccc(-c2nnc(S[C@H](C)C(N)=O)n2Cc2ccco2)c1. The van der Waals surface area contributed by atoms with Gasteiger partial charge in [0.15, 0.2) is 11.0 Å². The summed E-state index contributed by atoms with van der Waals surface area (Å²) in [6.45, 7) is 4.27. The fourth-order valence-corrected chi connectivity index (χ4v) is 3.09. The fourth-order valence-electron chi connectivity index (χ4n) is 2.29. The van der Waals surface area contributed by atoms with E-state index in [4.69, 9.17) is 10.2 Å². The Morgan fingerprint density at radius 1 is 1.33 bits per heavy atom. The van der Waals surface area contributed by atoms with E-state index in [2.05, 4.69) is 16.3 Å². The number of hydrogen-bond donors (Lipinski definition) is 1. The average molecular weight is 342 g/mol. The zero-order valence-electron chi connectivity index (χ0n) is 13.5. The Kier molecular flexibility index (Phi) is 4.71. The maximum atomic E-state index is 11.4. The van der Waals surface area contributed by atoms with Gasteiger partial charge in [0.25, 0.3) is 0 Å². The second kappa shape index (κ2) is 6.92. The van der Waals surface area contributed by atoms with Gasteiger partial charge >= 0.3 is 0 Å². The van der Waals surface area contributed by atoms with E-state index in [1.165, 1.54) is 11.8 Å². The normalized spacial score (nSPS) is 12.2. The first-order valence-corrected chi connectivity index (χ1v) is 8.41. The number of benzene rings is 1. The predicted octanol–water partition coefficient (Wildman–Crippen LogP) is 2.86. The first-order chi connectivity index (χ1) is 11.5. The third kappa shape index (κ3) is 3.51. The minimum atomic E-state index is -0.394. The lowest BCUT2D eigenvalue weighted by atomic mass is 10.1. The highest BCUT2D eigenvalue weighted by Crippen LogP contribution is 2.28. The molecule has 1 amide bonds. The van der Waals surface area contributed by atoms with Gasteiger partial charge in [-0.3, -0.25) is 9.36 Å². The molecule has 3 rings (SSSR count). The standard InChI is InChI=1S/C17H18N4O2S/c1-11-5-3-6-13(9-11)16-19-20-17(24-12(2)15(18)22)21(16)10-14-7-4-8-23-14/h3-9,12H,10H2,1-2H3,(H2,18,22)/t12-/m1/s1. The average Bonchev–Trinajstić information content (AvgIpc) is 3.18. The van der Waals surface area contributed by atoms with Crippen LogP contribution in [0.25, 0.3) is 11.4 Å². The van der Waals surface area contributed by atoms with Crippen LogP contribution in [0.2, 0.25) is 0 Å². The van der Waals surface area contributed by atoms with Crippen molar-refractivity contribution in [3.8, 4) is 11.4 Å².